The van der Waals surface area contributed by atoms with Crippen LogP contribution in [-0.4, -0.2) is 14.2 Å². The maximum atomic E-state index is 5.39. The Morgan fingerprint density at radius 3 is 1.96 bits per heavy atom. The molecule has 4 rings (SSSR count). The molecule has 0 saturated carbocycles. The van der Waals surface area contributed by atoms with Crippen molar-refractivity contribution in [1.29, 1.82) is 0 Å². The van der Waals surface area contributed by atoms with Crippen LogP contribution in [0.3, 0.4) is 0 Å². The maximum absolute atomic E-state index is 5.39. The Bertz CT molecular complexity index is 912. The van der Waals surface area contributed by atoms with Crippen LogP contribution < -0.4 is 9.47 Å². The molecule has 0 bridgehead atoms. The van der Waals surface area contributed by atoms with Crippen LogP contribution in [-0.2, 0) is 0 Å². The zero-order valence-electron chi connectivity index (χ0n) is 16.8. The fourth-order valence-electron chi connectivity index (χ4n) is 4.78. The number of hydrogen-bond acceptors (Lipinski definition) is 2. The molecule has 143 valence electrons. The number of ether oxygens (including phenoxy) is 2. The summed E-state index contributed by atoms with van der Waals surface area (Å²) in [5.41, 5.74) is 5.59. The lowest BCUT2D eigenvalue weighted by molar-refractivity contribution is 0.413. The average Bonchev–Trinajstić information content (AvgIpc) is 3.08. The first-order chi connectivity index (χ1) is 13.8. The molecule has 1 radical (unpaired) electrons. The fraction of sp³-hybridized carbons (Fsp3) is 0.308. The van der Waals surface area contributed by atoms with Gasteiger partial charge in [0.1, 0.15) is 11.5 Å². The van der Waals surface area contributed by atoms with E-state index in [9.17, 15) is 0 Å². The van der Waals surface area contributed by atoms with Gasteiger partial charge in [0.25, 0.3) is 0 Å². The lowest BCUT2D eigenvalue weighted by Gasteiger charge is -2.27. The molecule has 0 heterocycles. The second kappa shape index (κ2) is 8.10. The second-order valence-corrected chi connectivity index (χ2v) is 7.50. The minimum absolute atomic E-state index is 0.323. The summed E-state index contributed by atoms with van der Waals surface area (Å²) in [6, 6.07) is 27.0. The van der Waals surface area contributed by atoms with Crippen molar-refractivity contribution in [2.75, 3.05) is 14.2 Å². The summed E-state index contributed by atoms with van der Waals surface area (Å²) >= 11 is 0. The van der Waals surface area contributed by atoms with Gasteiger partial charge in [-0.25, -0.2) is 0 Å². The molecule has 2 nitrogen and oxygen atoms in total. The van der Waals surface area contributed by atoms with E-state index < -0.39 is 0 Å². The summed E-state index contributed by atoms with van der Waals surface area (Å²) in [7, 11) is 3.43. The lowest BCUT2D eigenvalue weighted by Crippen LogP contribution is -2.12. The standard InChI is InChI=1S/C26H27O2/c1-4-7-23-22-8-5-6-9-24(22)26(19-12-16-21(28-3)17-13-19)25(23)18-10-14-20(27-2)15-11-18/h5,8-17,23,25-26H,4,7H2,1-3H3. The van der Waals surface area contributed by atoms with E-state index in [1.807, 2.05) is 0 Å². The van der Waals surface area contributed by atoms with Crippen molar-refractivity contribution >= 4 is 0 Å². The largest absolute Gasteiger partial charge is 0.497 e. The van der Waals surface area contributed by atoms with Crippen molar-refractivity contribution in [2.45, 2.75) is 37.5 Å². The third-order valence-corrected chi connectivity index (χ3v) is 6.03. The minimum Gasteiger partial charge on any atom is -0.497 e. The van der Waals surface area contributed by atoms with Crippen molar-refractivity contribution in [3.63, 3.8) is 0 Å². The van der Waals surface area contributed by atoms with Crippen molar-refractivity contribution < 1.29 is 9.47 Å². The zero-order chi connectivity index (χ0) is 19.5. The molecule has 0 spiro atoms. The molecule has 3 unspecified atom stereocenters. The predicted molar refractivity (Wildman–Crippen MR) is 113 cm³/mol. The highest BCUT2D eigenvalue weighted by Gasteiger charge is 2.41. The normalized spacial score (nSPS) is 20.6. The van der Waals surface area contributed by atoms with Crippen LogP contribution in [0, 0.1) is 6.07 Å². The number of fused-ring (bicyclic) bond motifs is 1. The van der Waals surface area contributed by atoms with E-state index in [1.54, 1.807) is 14.2 Å². The molecule has 0 amide bonds. The first-order valence-electron chi connectivity index (χ1n) is 10.0. The van der Waals surface area contributed by atoms with Crippen LogP contribution >= 0.6 is 0 Å². The van der Waals surface area contributed by atoms with Gasteiger partial charge in [0.15, 0.2) is 0 Å². The smallest absolute Gasteiger partial charge is 0.118 e. The van der Waals surface area contributed by atoms with Crippen molar-refractivity contribution in [1.82, 2.24) is 0 Å². The number of hydrogen-bond donors (Lipinski definition) is 0. The summed E-state index contributed by atoms with van der Waals surface area (Å²) in [5, 5.41) is 0. The molecule has 1 aliphatic carbocycles. The highest BCUT2D eigenvalue weighted by Crippen LogP contribution is 2.56. The first-order valence-corrected chi connectivity index (χ1v) is 10.0. The Morgan fingerprint density at radius 2 is 1.39 bits per heavy atom. The SMILES string of the molecule is CCCC1c2cc[c]cc2C(c2ccc(OC)cc2)C1c1ccc(OC)cc1. The van der Waals surface area contributed by atoms with Crippen molar-refractivity contribution in [3.8, 4) is 11.5 Å². The highest BCUT2D eigenvalue weighted by atomic mass is 16.5. The molecule has 3 aromatic carbocycles. The monoisotopic (exact) mass is 371 g/mol. The van der Waals surface area contributed by atoms with Crippen LogP contribution in [0.4, 0.5) is 0 Å². The van der Waals surface area contributed by atoms with E-state index in [4.69, 9.17) is 9.47 Å². The van der Waals surface area contributed by atoms with Gasteiger partial charge in [-0.15, -0.1) is 0 Å². The molecule has 0 aliphatic heterocycles. The quantitative estimate of drug-likeness (QED) is 0.505. The molecule has 0 saturated heterocycles. The Morgan fingerprint density at radius 1 is 0.786 bits per heavy atom. The summed E-state index contributed by atoms with van der Waals surface area (Å²) in [5.74, 6) is 3.04. The van der Waals surface area contributed by atoms with Gasteiger partial charge in [-0.3, -0.25) is 0 Å². The molecule has 0 fully saturated rings. The van der Waals surface area contributed by atoms with Gasteiger partial charge in [-0.2, -0.15) is 0 Å². The summed E-state index contributed by atoms with van der Waals surface area (Å²) in [6.45, 7) is 2.28. The van der Waals surface area contributed by atoms with Gasteiger partial charge in [0.2, 0.25) is 0 Å². The molecule has 1 aliphatic rings. The lowest BCUT2D eigenvalue weighted by atomic mass is 9.76. The topological polar surface area (TPSA) is 18.5 Å². The van der Waals surface area contributed by atoms with Crippen LogP contribution in [0.5, 0.6) is 11.5 Å². The molecule has 2 heteroatoms. The van der Waals surface area contributed by atoms with E-state index in [0.29, 0.717) is 17.8 Å². The van der Waals surface area contributed by atoms with Crippen LogP contribution in [0.2, 0.25) is 0 Å². The summed E-state index contributed by atoms with van der Waals surface area (Å²) in [4.78, 5) is 0. The minimum atomic E-state index is 0.323. The van der Waals surface area contributed by atoms with Gasteiger partial charge in [0, 0.05) is 11.8 Å². The Labute approximate surface area is 168 Å². The molecular weight excluding hydrogens is 344 g/mol. The highest BCUT2D eigenvalue weighted by molar-refractivity contribution is 5.52. The number of rotatable bonds is 6. The predicted octanol–water partition coefficient (Wildman–Crippen LogP) is 6.32. The van der Waals surface area contributed by atoms with Gasteiger partial charge >= 0.3 is 0 Å². The van der Waals surface area contributed by atoms with Gasteiger partial charge in [-0.05, 0) is 64.9 Å². The molecule has 0 N–H and O–H groups in total. The van der Waals surface area contributed by atoms with Gasteiger partial charge in [0.05, 0.1) is 14.2 Å². The summed E-state index contributed by atoms with van der Waals surface area (Å²) in [6.07, 6.45) is 2.35. The van der Waals surface area contributed by atoms with Gasteiger partial charge < -0.3 is 9.47 Å². The molecule has 28 heavy (non-hydrogen) atoms. The van der Waals surface area contributed by atoms with Crippen LogP contribution in [0.1, 0.15) is 59.8 Å². The van der Waals surface area contributed by atoms with E-state index in [0.717, 1.165) is 11.5 Å². The third-order valence-electron chi connectivity index (χ3n) is 6.03. The van der Waals surface area contributed by atoms with Crippen LogP contribution in [0.15, 0.2) is 66.7 Å². The van der Waals surface area contributed by atoms with Crippen molar-refractivity contribution in [3.05, 3.63) is 95.1 Å². The van der Waals surface area contributed by atoms with E-state index in [1.165, 1.54) is 35.1 Å². The zero-order valence-corrected chi connectivity index (χ0v) is 16.8. The van der Waals surface area contributed by atoms with Gasteiger partial charge in [-0.1, -0.05) is 55.8 Å². The molecule has 0 aromatic heterocycles. The fourth-order valence-corrected chi connectivity index (χ4v) is 4.78. The molecule has 3 atom stereocenters. The number of methoxy groups -OCH3 is 2. The van der Waals surface area contributed by atoms with E-state index in [-0.39, 0.29) is 0 Å². The number of benzene rings is 3. The van der Waals surface area contributed by atoms with E-state index in [2.05, 4.69) is 79.7 Å². The molecular formula is C26H27O2. The maximum Gasteiger partial charge on any atom is 0.118 e. The second-order valence-electron chi connectivity index (χ2n) is 7.50. The Balaban J connectivity index is 1.84. The Hall–Kier alpha value is -2.74. The van der Waals surface area contributed by atoms with Crippen LogP contribution in [0.25, 0.3) is 0 Å². The molecule has 3 aromatic rings. The van der Waals surface area contributed by atoms with E-state index >= 15 is 0 Å². The average molecular weight is 372 g/mol. The third kappa shape index (κ3) is 3.28. The summed E-state index contributed by atoms with van der Waals surface area (Å²) < 4.78 is 10.8. The van der Waals surface area contributed by atoms with Crippen molar-refractivity contribution in [2.24, 2.45) is 0 Å². The first kappa shape index (κ1) is 18.6. The Kier molecular flexibility index (Phi) is 5.38.